The van der Waals surface area contributed by atoms with E-state index in [1.54, 1.807) is 6.07 Å². The molecule has 0 saturated heterocycles. The van der Waals surface area contributed by atoms with E-state index < -0.39 is 33.1 Å². The molecule has 0 amide bonds. The fraction of sp³-hybridized carbons (Fsp3) is 0.0556. The molecule has 0 bridgehead atoms. The summed E-state index contributed by atoms with van der Waals surface area (Å²) >= 11 is 0. The van der Waals surface area contributed by atoms with Crippen LogP contribution in [-0.4, -0.2) is 24.1 Å². The van der Waals surface area contributed by atoms with Crippen LogP contribution in [0.2, 0.25) is 0 Å². The van der Waals surface area contributed by atoms with Crippen LogP contribution in [0.3, 0.4) is 0 Å². The average molecular weight is 441 g/mol. The fourth-order valence-electron chi connectivity index (χ4n) is 2.49. The van der Waals surface area contributed by atoms with E-state index in [9.17, 15) is 30.4 Å². The van der Waals surface area contributed by atoms with Crippen LogP contribution < -0.4 is 4.18 Å². The molecule has 0 fully saturated rings. The minimum absolute atomic E-state index is 0.00784. The Bertz CT molecular complexity index is 1270. The molecular weight excluding hydrogens is 433 g/mol. The third-order valence-corrected chi connectivity index (χ3v) is 4.77. The van der Waals surface area contributed by atoms with Gasteiger partial charge in [-0.2, -0.15) is 31.9 Å². The van der Waals surface area contributed by atoms with E-state index in [1.807, 2.05) is 0 Å². The van der Waals surface area contributed by atoms with Crippen LogP contribution in [0.15, 0.2) is 48.7 Å². The van der Waals surface area contributed by atoms with Gasteiger partial charge < -0.3 is 4.18 Å². The summed E-state index contributed by atoms with van der Waals surface area (Å²) in [5.41, 5.74) is -6.27. The van der Waals surface area contributed by atoms with Crippen molar-refractivity contribution in [2.75, 3.05) is 0 Å². The summed E-state index contributed by atoms with van der Waals surface area (Å²) in [5.74, 6) is -2.70. The van der Waals surface area contributed by atoms with E-state index in [2.05, 4.69) is 14.4 Å². The van der Waals surface area contributed by atoms with Crippen molar-refractivity contribution in [2.24, 2.45) is 0 Å². The Hall–Kier alpha value is -3.59. The molecule has 30 heavy (non-hydrogen) atoms. The SMILES string of the molecule is N#Cc1cccc(F)c1-c1cc(-c2cnnc(OS(=O)(=O)C(F)(F)F)c2)ccc1F. The molecule has 3 rings (SSSR count). The van der Waals surface area contributed by atoms with Gasteiger partial charge in [0.25, 0.3) is 5.88 Å². The van der Waals surface area contributed by atoms with Crippen LogP contribution in [0.4, 0.5) is 22.0 Å². The Morgan fingerprint density at radius 3 is 2.40 bits per heavy atom. The monoisotopic (exact) mass is 441 g/mol. The maximum atomic E-state index is 14.4. The molecule has 0 aliphatic carbocycles. The Kier molecular flexibility index (Phi) is 5.41. The summed E-state index contributed by atoms with van der Waals surface area (Å²) in [6.07, 6.45) is 1.05. The molecule has 2 aromatic carbocycles. The first kappa shape index (κ1) is 21.1. The molecule has 1 heterocycles. The molecule has 0 radical (unpaired) electrons. The number of alkyl halides is 3. The third kappa shape index (κ3) is 4.06. The Morgan fingerprint density at radius 2 is 1.73 bits per heavy atom. The third-order valence-electron chi connectivity index (χ3n) is 3.81. The van der Waals surface area contributed by atoms with Gasteiger partial charge in [-0.3, -0.25) is 0 Å². The largest absolute Gasteiger partial charge is 0.534 e. The van der Waals surface area contributed by atoms with Crippen molar-refractivity contribution >= 4 is 10.1 Å². The molecule has 1 aromatic heterocycles. The molecule has 154 valence electrons. The van der Waals surface area contributed by atoms with E-state index in [1.165, 1.54) is 18.2 Å². The number of halogens is 5. The summed E-state index contributed by atoms with van der Waals surface area (Å²) in [5, 5.41) is 15.7. The molecule has 0 aliphatic heterocycles. The van der Waals surface area contributed by atoms with E-state index in [0.717, 1.165) is 30.5 Å². The zero-order valence-electron chi connectivity index (χ0n) is 14.5. The number of hydrogen-bond acceptors (Lipinski definition) is 6. The van der Waals surface area contributed by atoms with Crippen molar-refractivity contribution in [2.45, 2.75) is 5.51 Å². The second-order valence-corrected chi connectivity index (χ2v) is 7.27. The summed E-state index contributed by atoms with van der Waals surface area (Å²) in [6, 6.07) is 9.45. The first-order valence-electron chi connectivity index (χ1n) is 7.86. The van der Waals surface area contributed by atoms with Crippen LogP contribution in [-0.2, 0) is 10.1 Å². The van der Waals surface area contributed by atoms with Crippen LogP contribution >= 0.6 is 0 Å². The highest BCUT2D eigenvalue weighted by Gasteiger charge is 2.49. The van der Waals surface area contributed by atoms with Crippen molar-refractivity contribution in [3.05, 3.63) is 65.9 Å². The van der Waals surface area contributed by atoms with Gasteiger partial charge in [0.05, 0.1) is 17.8 Å². The number of benzene rings is 2. The molecule has 0 spiro atoms. The van der Waals surface area contributed by atoms with E-state index in [-0.39, 0.29) is 27.8 Å². The van der Waals surface area contributed by atoms with Gasteiger partial charge in [0.1, 0.15) is 11.6 Å². The summed E-state index contributed by atoms with van der Waals surface area (Å²) in [6.45, 7) is 0. The molecular formula is C18H8F5N3O3S. The minimum Gasteiger partial charge on any atom is -0.354 e. The van der Waals surface area contributed by atoms with E-state index >= 15 is 0 Å². The summed E-state index contributed by atoms with van der Waals surface area (Å²) in [4.78, 5) is 0. The quantitative estimate of drug-likeness (QED) is 0.343. The van der Waals surface area contributed by atoms with Crippen molar-refractivity contribution in [3.63, 3.8) is 0 Å². The first-order valence-corrected chi connectivity index (χ1v) is 9.26. The highest BCUT2D eigenvalue weighted by atomic mass is 32.2. The van der Waals surface area contributed by atoms with Crippen LogP contribution in [0.1, 0.15) is 5.56 Å². The molecule has 0 atom stereocenters. The number of nitriles is 1. The Labute approximate surface area is 166 Å². The molecule has 6 nitrogen and oxygen atoms in total. The predicted molar refractivity (Wildman–Crippen MR) is 93.1 cm³/mol. The normalized spacial score (nSPS) is 11.7. The maximum Gasteiger partial charge on any atom is 0.534 e. The van der Waals surface area contributed by atoms with Gasteiger partial charge in [-0.05, 0) is 29.8 Å². The zero-order valence-corrected chi connectivity index (χ0v) is 15.3. The maximum absolute atomic E-state index is 14.4. The van der Waals surface area contributed by atoms with Crippen LogP contribution in [0.5, 0.6) is 5.88 Å². The highest BCUT2D eigenvalue weighted by Crippen LogP contribution is 2.33. The molecule has 0 aliphatic rings. The van der Waals surface area contributed by atoms with Crippen LogP contribution in [0, 0.1) is 23.0 Å². The van der Waals surface area contributed by atoms with Crippen molar-refractivity contribution in [3.8, 4) is 34.2 Å². The number of aromatic nitrogens is 2. The van der Waals surface area contributed by atoms with Gasteiger partial charge in [-0.1, -0.05) is 12.1 Å². The predicted octanol–water partition coefficient (Wildman–Crippen LogP) is 4.19. The second-order valence-electron chi connectivity index (χ2n) is 5.73. The molecule has 12 heteroatoms. The Morgan fingerprint density at radius 1 is 1.00 bits per heavy atom. The van der Waals surface area contributed by atoms with E-state index in [4.69, 9.17) is 5.26 Å². The van der Waals surface area contributed by atoms with Gasteiger partial charge in [0, 0.05) is 22.8 Å². The van der Waals surface area contributed by atoms with Gasteiger partial charge >= 0.3 is 15.6 Å². The van der Waals surface area contributed by atoms with Gasteiger partial charge in [0.2, 0.25) is 0 Å². The average Bonchev–Trinajstić information content (AvgIpc) is 2.67. The van der Waals surface area contributed by atoms with E-state index in [0.29, 0.717) is 0 Å². The van der Waals surface area contributed by atoms with Crippen molar-refractivity contribution < 1.29 is 34.6 Å². The molecule has 0 N–H and O–H groups in total. The fourth-order valence-corrected chi connectivity index (χ4v) is 2.89. The minimum atomic E-state index is -5.97. The number of nitrogens with zero attached hydrogens (tertiary/aromatic N) is 3. The highest BCUT2D eigenvalue weighted by molar-refractivity contribution is 7.87. The summed E-state index contributed by atoms with van der Waals surface area (Å²) in [7, 11) is -5.97. The topological polar surface area (TPSA) is 92.9 Å². The molecule has 0 saturated carbocycles. The first-order chi connectivity index (χ1) is 14.0. The van der Waals surface area contributed by atoms with Crippen LogP contribution in [0.25, 0.3) is 22.3 Å². The van der Waals surface area contributed by atoms with Gasteiger partial charge in [-0.25, -0.2) is 8.78 Å². The number of rotatable bonds is 4. The smallest absolute Gasteiger partial charge is 0.354 e. The zero-order chi connectivity index (χ0) is 22.1. The van der Waals surface area contributed by atoms with Gasteiger partial charge in [0.15, 0.2) is 0 Å². The lowest BCUT2D eigenvalue weighted by molar-refractivity contribution is -0.0501. The second kappa shape index (κ2) is 7.68. The lowest BCUT2D eigenvalue weighted by Crippen LogP contribution is -2.28. The number of hydrogen-bond donors (Lipinski definition) is 0. The summed E-state index contributed by atoms with van der Waals surface area (Å²) < 4.78 is 92.2. The Balaban J connectivity index is 2.08. The lowest BCUT2D eigenvalue weighted by atomic mass is 9.96. The van der Waals surface area contributed by atoms with Crippen molar-refractivity contribution in [1.29, 1.82) is 5.26 Å². The lowest BCUT2D eigenvalue weighted by Gasteiger charge is -2.11. The standard InChI is InChI=1S/C18H8F5N3O3S/c19-14-5-4-10(6-13(14)17-11(8-24)2-1-3-15(17)20)12-7-16(26-25-9-12)29-30(27,28)18(21,22)23/h1-7,9H. The van der Waals surface area contributed by atoms with Gasteiger partial charge in [-0.15, -0.1) is 5.10 Å². The molecule has 0 unspecified atom stereocenters. The van der Waals surface area contributed by atoms with Crippen molar-refractivity contribution in [1.82, 2.24) is 10.2 Å². The molecule has 3 aromatic rings.